The third-order valence-corrected chi connectivity index (χ3v) is 3.27. The minimum Gasteiger partial charge on any atom is -0.489 e. The van der Waals surface area contributed by atoms with Crippen molar-refractivity contribution < 1.29 is 24.0 Å². The zero-order chi connectivity index (χ0) is 16.7. The highest BCUT2D eigenvalue weighted by Gasteiger charge is 2.20. The standard InChI is InChI=1S/C16H24N2O5/c1-4-20-14-10-13(21-12(2)3)11-17-15(14)22-23-16(19)18-8-6-5-7-9-18/h10-12H,4-9H2,1-3H3. The maximum atomic E-state index is 11.9. The Balaban J connectivity index is 1.98. The highest BCUT2D eigenvalue weighted by Crippen LogP contribution is 2.29. The molecule has 0 spiro atoms. The van der Waals surface area contributed by atoms with Gasteiger partial charge >= 0.3 is 12.0 Å². The van der Waals surface area contributed by atoms with Crippen LogP contribution in [0.1, 0.15) is 40.0 Å². The smallest absolute Gasteiger partial charge is 0.452 e. The Morgan fingerprint density at radius 3 is 2.70 bits per heavy atom. The van der Waals surface area contributed by atoms with Gasteiger partial charge in [-0.1, -0.05) is 0 Å². The zero-order valence-corrected chi connectivity index (χ0v) is 13.9. The van der Waals surface area contributed by atoms with Crippen LogP contribution in [0.5, 0.6) is 17.4 Å². The van der Waals surface area contributed by atoms with Crippen molar-refractivity contribution >= 4 is 6.09 Å². The highest BCUT2D eigenvalue weighted by molar-refractivity contribution is 5.67. The fourth-order valence-electron chi connectivity index (χ4n) is 2.28. The maximum Gasteiger partial charge on any atom is 0.452 e. The minimum absolute atomic E-state index is 0.0231. The second-order valence-corrected chi connectivity index (χ2v) is 5.55. The van der Waals surface area contributed by atoms with E-state index in [1.54, 1.807) is 11.0 Å². The SMILES string of the molecule is CCOc1cc(OC(C)C)cnc1OOC(=O)N1CCCCC1. The number of hydrogen-bond acceptors (Lipinski definition) is 6. The van der Waals surface area contributed by atoms with Crippen molar-refractivity contribution in [1.82, 2.24) is 9.88 Å². The van der Waals surface area contributed by atoms with E-state index in [0.717, 1.165) is 19.3 Å². The van der Waals surface area contributed by atoms with Gasteiger partial charge in [0.1, 0.15) is 5.75 Å². The Bertz CT molecular complexity index is 515. The van der Waals surface area contributed by atoms with Crippen molar-refractivity contribution in [3.63, 3.8) is 0 Å². The molecule has 0 radical (unpaired) electrons. The lowest BCUT2D eigenvalue weighted by molar-refractivity contribution is -0.159. The molecule has 1 aromatic rings. The molecule has 7 heteroatoms. The number of piperidine rings is 1. The first kappa shape index (κ1) is 17.2. The number of likely N-dealkylation sites (tertiary alicyclic amines) is 1. The second kappa shape index (κ2) is 8.45. The summed E-state index contributed by atoms with van der Waals surface area (Å²) in [5.74, 6) is 1.04. The summed E-state index contributed by atoms with van der Waals surface area (Å²) < 4.78 is 11.0. The molecule has 23 heavy (non-hydrogen) atoms. The number of pyridine rings is 1. The number of hydrogen-bond donors (Lipinski definition) is 0. The summed E-state index contributed by atoms with van der Waals surface area (Å²) in [6.07, 6.45) is 4.13. The Labute approximate surface area is 136 Å². The van der Waals surface area contributed by atoms with Crippen LogP contribution in [0.3, 0.4) is 0 Å². The molecule has 1 aliphatic rings. The molecule has 1 aromatic heterocycles. The Kier molecular flexibility index (Phi) is 6.31. The third-order valence-electron chi connectivity index (χ3n) is 3.27. The third kappa shape index (κ3) is 5.19. The molecule has 0 saturated carbocycles. The van der Waals surface area contributed by atoms with Crippen molar-refractivity contribution in [2.45, 2.75) is 46.1 Å². The quantitative estimate of drug-likeness (QED) is 0.591. The average molecular weight is 324 g/mol. The molecule has 2 heterocycles. The first-order valence-electron chi connectivity index (χ1n) is 8.03. The summed E-state index contributed by atoms with van der Waals surface area (Å²) >= 11 is 0. The maximum absolute atomic E-state index is 11.9. The molecule has 0 bridgehead atoms. The van der Waals surface area contributed by atoms with E-state index >= 15 is 0 Å². The summed E-state index contributed by atoms with van der Waals surface area (Å²) in [5.41, 5.74) is 0. The highest BCUT2D eigenvalue weighted by atomic mass is 17.2. The number of carbonyl (C=O) groups is 1. The number of amides is 1. The van der Waals surface area contributed by atoms with Crippen LogP contribution in [0.25, 0.3) is 0 Å². The Morgan fingerprint density at radius 2 is 2.04 bits per heavy atom. The molecule has 0 aliphatic carbocycles. The first-order valence-corrected chi connectivity index (χ1v) is 8.03. The molecule has 7 nitrogen and oxygen atoms in total. The van der Waals surface area contributed by atoms with Gasteiger partial charge in [0, 0.05) is 19.2 Å². The van der Waals surface area contributed by atoms with Crippen LogP contribution in [-0.4, -0.2) is 41.8 Å². The van der Waals surface area contributed by atoms with Crippen LogP contribution >= 0.6 is 0 Å². The van der Waals surface area contributed by atoms with Gasteiger partial charge < -0.3 is 14.4 Å². The molecule has 0 N–H and O–H groups in total. The zero-order valence-electron chi connectivity index (χ0n) is 13.9. The molecule has 0 atom stereocenters. The van der Waals surface area contributed by atoms with Crippen molar-refractivity contribution in [3.8, 4) is 17.4 Å². The van der Waals surface area contributed by atoms with E-state index in [1.807, 2.05) is 20.8 Å². The van der Waals surface area contributed by atoms with Gasteiger partial charge in [0.2, 0.25) is 0 Å². The predicted molar refractivity (Wildman–Crippen MR) is 83.7 cm³/mol. The topological polar surface area (TPSA) is 70.1 Å². The molecular weight excluding hydrogens is 300 g/mol. The lowest BCUT2D eigenvalue weighted by Gasteiger charge is -2.24. The van der Waals surface area contributed by atoms with E-state index in [0.29, 0.717) is 31.2 Å². The summed E-state index contributed by atoms with van der Waals surface area (Å²) in [7, 11) is 0. The average Bonchev–Trinajstić information content (AvgIpc) is 2.54. The summed E-state index contributed by atoms with van der Waals surface area (Å²) in [4.78, 5) is 27.6. The monoisotopic (exact) mass is 324 g/mol. The van der Waals surface area contributed by atoms with E-state index in [2.05, 4.69) is 4.98 Å². The number of aromatic nitrogens is 1. The lowest BCUT2D eigenvalue weighted by Crippen LogP contribution is -2.36. The van der Waals surface area contributed by atoms with Crippen LogP contribution in [0, 0.1) is 0 Å². The molecule has 1 saturated heterocycles. The Hall–Kier alpha value is -2.18. The molecular formula is C16H24N2O5. The van der Waals surface area contributed by atoms with Gasteiger partial charge in [-0.2, -0.15) is 0 Å². The van der Waals surface area contributed by atoms with Gasteiger partial charge in [-0.25, -0.2) is 14.7 Å². The Morgan fingerprint density at radius 1 is 1.30 bits per heavy atom. The van der Waals surface area contributed by atoms with Gasteiger partial charge in [-0.05, 0) is 40.0 Å². The van der Waals surface area contributed by atoms with Gasteiger partial charge in [0.15, 0.2) is 5.75 Å². The van der Waals surface area contributed by atoms with E-state index in [4.69, 9.17) is 19.2 Å². The fraction of sp³-hybridized carbons (Fsp3) is 0.625. The van der Waals surface area contributed by atoms with Gasteiger partial charge in [0.25, 0.3) is 0 Å². The van der Waals surface area contributed by atoms with Crippen LogP contribution in [0.15, 0.2) is 12.3 Å². The minimum atomic E-state index is -0.503. The van der Waals surface area contributed by atoms with Gasteiger partial charge in [0.05, 0.1) is 18.9 Å². The number of rotatable bonds is 6. The van der Waals surface area contributed by atoms with Crippen LogP contribution in [-0.2, 0) is 4.89 Å². The first-order chi connectivity index (χ1) is 11.1. The molecule has 128 valence electrons. The predicted octanol–water partition coefficient (Wildman–Crippen LogP) is 3.18. The summed E-state index contributed by atoms with van der Waals surface area (Å²) in [6.45, 7) is 7.50. The molecule has 1 fully saturated rings. The van der Waals surface area contributed by atoms with E-state index in [9.17, 15) is 4.79 Å². The fourth-order valence-corrected chi connectivity index (χ4v) is 2.28. The van der Waals surface area contributed by atoms with Gasteiger partial charge in [-0.15, -0.1) is 0 Å². The van der Waals surface area contributed by atoms with E-state index in [1.165, 1.54) is 6.20 Å². The van der Waals surface area contributed by atoms with E-state index in [-0.39, 0.29) is 12.0 Å². The number of carbonyl (C=O) groups excluding carboxylic acids is 1. The van der Waals surface area contributed by atoms with Gasteiger partial charge in [-0.3, -0.25) is 4.89 Å². The van der Waals surface area contributed by atoms with Crippen LogP contribution < -0.4 is 14.4 Å². The molecule has 1 amide bonds. The van der Waals surface area contributed by atoms with Crippen LogP contribution in [0.4, 0.5) is 4.79 Å². The molecule has 2 rings (SSSR count). The molecule has 0 unspecified atom stereocenters. The number of nitrogens with zero attached hydrogens (tertiary/aromatic N) is 2. The van der Waals surface area contributed by atoms with Crippen molar-refractivity contribution in [1.29, 1.82) is 0 Å². The summed E-state index contributed by atoms with van der Waals surface area (Å²) in [6, 6.07) is 1.67. The van der Waals surface area contributed by atoms with Crippen molar-refractivity contribution in [2.75, 3.05) is 19.7 Å². The normalized spacial score (nSPS) is 14.5. The van der Waals surface area contributed by atoms with Crippen LogP contribution in [0.2, 0.25) is 0 Å². The molecule has 1 aliphatic heterocycles. The largest absolute Gasteiger partial charge is 0.489 e. The molecule has 0 aromatic carbocycles. The van der Waals surface area contributed by atoms with Crippen molar-refractivity contribution in [2.24, 2.45) is 0 Å². The second-order valence-electron chi connectivity index (χ2n) is 5.55. The van der Waals surface area contributed by atoms with Crippen molar-refractivity contribution in [3.05, 3.63) is 12.3 Å². The lowest BCUT2D eigenvalue weighted by atomic mass is 10.1. The van der Waals surface area contributed by atoms with E-state index < -0.39 is 6.09 Å². The number of ether oxygens (including phenoxy) is 2. The summed E-state index contributed by atoms with van der Waals surface area (Å²) in [5, 5.41) is 0.